The van der Waals surface area contributed by atoms with Crippen molar-refractivity contribution in [2.75, 3.05) is 5.33 Å². The van der Waals surface area contributed by atoms with Gasteiger partial charge in [-0.2, -0.15) is 0 Å². The highest BCUT2D eigenvalue weighted by Gasteiger charge is 2.07. The van der Waals surface area contributed by atoms with Crippen LogP contribution in [-0.2, 0) is 0 Å². The van der Waals surface area contributed by atoms with Crippen molar-refractivity contribution in [3.63, 3.8) is 0 Å². The van der Waals surface area contributed by atoms with E-state index in [1.54, 1.807) is 0 Å². The van der Waals surface area contributed by atoms with Crippen molar-refractivity contribution in [1.29, 1.82) is 0 Å². The normalized spacial score (nSPS) is 16.8. The highest BCUT2D eigenvalue weighted by Crippen LogP contribution is 2.16. The number of hydrogen-bond donors (Lipinski definition) is 0. The van der Waals surface area contributed by atoms with Crippen molar-refractivity contribution >= 4 is 27.5 Å². The Balaban J connectivity index is 3.13. The maximum absolute atomic E-state index is 5.90. The van der Waals surface area contributed by atoms with Crippen LogP contribution in [0.2, 0.25) is 0 Å². The summed E-state index contributed by atoms with van der Waals surface area (Å²) in [4.78, 5) is 0. The second kappa shape index (κ2) is 6.48. The van der Waals surface area contributed by atoms with Gasteiger partial charge >= 0.3 is 0 Å². The van der Waals surface area contributed by atoms with Crippen LogP contribution in [0.4, 0.5) is 0 Å². The number of hydrogen-bond acceptors (Lipinski definition) is 0. The van der Waals surface area contributed by atoms with Gasteiger partial charge in [0.1, 0.15) is 0 Å². The largest absolute Gasteiger partial charge is 0.123 e. The summed E-state index contributed by atoms with van der Waals surface area (Å²) in [5.74, 6) is 0.667. The lowest BCUT2D eigenvalue weighted by molar-refractivity contribution is 0.499. The molecule has 0 aliphatic rings. The minimum absolute atomic E-state index is 0.329. The molecule has 0 bridgehead atoms. The van der Waals surface area contributed by atoms with Crippen molar-refractivity contribution in [2.24, 2.45) is 5.92 Å². The van der Waals surface area contributed by atoms with Gasteiger partial charge < -0.3 is 0 Å². The average molecular weight is 228 g/mol. The maximum Gasteiger partial charge on any atom is 0.0333 e. The minimum atomic E-state index is 0.329. The third kappa shape index (κ3) is 5.55. The zero-order chi connectivity index (χ0) is 7.98. The zero-order valence-corrected chi connectivity index (χ0v) is 9.08. The van der Waals surface area contributed by atoms with Crippen molar-refractivity contribution in [3.8, 4) is 0 Å². The summed E-state index contributed by atoms with van der Waals surface area (Å²) in [5.41, 5.74) is 0. The first-order chi connectivity index (χ1) is 4.68. The van der Waals surface area contributed by atoms with E-state index in [0.717, 1.165) is 5.33 Å². The predicted molar refractivity (Wildman–Crippen MR) is 52.1 cm³/mol. The van der Waals surface area contributed by atoms with Crippen LogP contribution < -0.4 is 0 Å². The molecule has 0 saturated heterocycles. The van der Waals surface area contributed by atoms with E-state index in [-0.39, 0.29) is 0 Å². The van der Waals surface area contributed by atoms with Crippen molar-refractivity contribution in [3.05, 3.63) is 0 Å². The lowest BCUT2D eigenvalue weighted by Crippen LogP contribution is -2.06. The molecule has 0 aliphatic heterocycles. The highest BCUT2D eigenvalue weighted by molar-refractivity contribution is 9.09. The van der Waals surface area contributed by atoms with E-state index in [4.69, 9.17) is 11.6 Å². The van der Waals surface area contributed by atoms with E-state index in [1.807, 2.05) is 0 Å². The number of rotatable bonds is 5. The van der Waals surface area contributed by atoms with Gasteiger partial charge in [0.05, 0.1) is 0 Å². The first kappa shape index (κ1) is 10.8. The van der Waals surface area contributed by atoms with Crippen molar-refractivity contribution in [1.82, 2.24) is 0 Å². The van der Waals surface area contributed by atoms with Crippen LogP contribution in [0.3, 0.4) is 0 Å². The molecule has 0 aromatic rings. The summed E-state index contributed by atoms with van der Waals surface area (Å²) < 4.78 is 0. The van der Waals surface area contributed by atoms with Crippen LogP contribution in [0.5, 0.6) is 0 Å². The third-order valence-electron chi connectivity index (χ3n) is 1.83. The Morgan fingerprint density at radius 2 is 1.90 bits per heavy atom. The van der Waals surface area contributed by atoms with Crippen LogP contribution >= 0.6 is 27.5 Å². The van der Waals surface area contributed by atoms with Gasteiger partial charge in [-0.15, -0.1) is 11.6 Å². The lowest BCUT2D eigenvalue weighted by atomic mass is 10.0. The third-order valence-corrected chi connectivity index (χ3v) is 2.82. The van der Waals surface area contributed by atoms with Crippen LogP contribution in [0.1, 0.15) is 33.1 Å². The summed E-state index contributed by atoms with van der Waals surface area (Å²) in [5, 5.41) is 1.45. The van der Waals surface area contributed by atoms with Crippen LogP contribution in [-0.4, -0.2) is 10.7 Å². The number of alkyl halides is 2. The monoisotopic (exact) mass is 226 g/mol. The molecule has 0 nitrogen and oxygen atoms in total. The van der Waals surface area contributed by atoms with E-state index < -0.39 is 0 Å². The molecule has 0 heterocycles. The smallest absolute Gasteiger partial charge is 0.0333 e. The van der Waals surface area contributed by atoms with Crippen LogP contribution in [0.25, 0.3) is 0 Å². The molecule has 0 radical (unpaired) electrons. The summed E-state index contributed by atoms with van der Waals surface area (Å²) in [6, 6.07) is 0. The van der Waals surface area contributed by atoms with Gasteiger partial charge in [0, 0.05) is 10.7 Å². The first-order valence-electron chi connectivity index (χ1n) is 3.88. The van der Waals surface area contributed by atoms with Gasteiger partial charge in [0.2, 0.25) is 0 Å². The van der Waals surface area contributed by atoms with E-state index in [0.29, 0.717) is 11.3 Å². The zero-order valence-electron chi connectivity index (χ0n) is 6.74. The molecule has 0 rings (SSSR count). The Morgan fingerprint density at radius 3 is 2.30 bits per heavy atom. The Bertz CT molecular complexity index is 73.7. The van der Waals surface area contributed by atoms with E-state index in [1.165, 1.54) is 19.3 Å². The second-order valence-electron chi connectivity index (χ2n) is 2.84. The van der Waals surface area contributed by atoms with E-state index in [2.05, 4.69) is 29.8 Å². The highest BCUT2D eigenvalue weighted by atomic mass is 79.9. The number of unbranched alkanes of at least 4 members (excludes halogenated alkanes) is 1. The van der Waals surface area contributed by atoms with Crippen molar-refractivity contribution in [2.45, 2.75) is 38.5 Å². The quantitative estimate of drug-likeness (QED) is 0.495. The fourth-order valence-corrected chi connectivity index (χ4v) is 1.31. The molecular weight excluding hydrogens is 211 g/mol. The first-order valence-corrected chi connectivity index (χ1v) is 5.44. The van der Waals surface area contributed by atoms with Gasteiger partial charge in [-0.3, -0.25) is 0 Å². The Morgan fingerprint density at radius 1 is 1.30 bits per heavy atom. The molecular formula is C8H16BrCl. The van der Waals surface area contributed by atoms with Gasteiger partial charge in [-0.05, 0) is 25.7 Å². The summed E-state index contributed by atoms with van der Waals surface area (Å²) in [6.45, 7) is 4.28. The Labute approximate surface area is 77.5 Å². The van der Waals surface area contributed by atoms with Crippen LogP contribution in [0, 0.1) is 5.92 Å². The molecule has 10 heavy (non-hydrogen) atoms. The standard InChI is InChI=1S/C8H16BrCl/c1-7(8(2)10)5-3-4-6-9/h7-8H,3-6H2,1-2H3. The summed E-state index contributed by atoms with van der Waals surface area (Å²) in [6.07, 6.45) is 3.83. The summed E-state index contributed by atoms with van der Waals surface area (Å²) in [7, 11) is 0. The van der Waals surface area contributed by atoms with Crippen LogP contribution in [0.15, 0.2) is 0 Å². The minimum Gasteiger partial charge on any atom is -0.123 e. The molecule has 0 amide bonds. The fraction of sp³-hybridized carbons (Fsp3) is 1.00. The van der Waals surface area contributed by atoms with Gasteiger partial charge in [0.15, 0.2) is 0 Å². The summed E-state index contributed by atoms with van der Waals surface area (Å²) >= 11 is 9.30. The molecule has 62 valence electrons. The number of halogens is 2. The Kier molecular flexibility index (Phi) is 6.98. The molecule has 2 heteroatoms. The van der Waals surface area contributed by atoms with Gasteiger partial charge in [0.25, 0.3) is 0 Å². The van der Waals surface area contributed by atoms with Crippen molar-refractivity contribution < 1.29 is 0 Å². The molecule has 0 aliphatic carbocycles. The molecule has 2 atom stereocenters. The molecule has 0 aromatic heterocycles. The molecule has 0 N–H and O–H groups in total. The molecule has 2 unspecified atom stereocenters. The fourth-order valence-electron chi connectivity index (χ4n) is 0.790. The molecule has 0 aromatic carbocycles. The maximum atomic E-state index is 5.90. The van der Waals surface area contributed by atoms with E-state index >= 15 is 0 Å². The average Bonchev–Trinajstić information content (AvgIpc) is 1.88. The van der Waals surface area contributed by atoms with E-state index in [9.17, 15) is 0 Å². The predicted octanol–water partition coefficient (Wildman–Crippen LogP) is 3.82. The Hall–Kier alpha value is 0.770. The molecule has 0 saturated carbocycles. The molecule has 0 spiro atoms. The SMILES string of the molecule is CC(Cl)C(C)CCCCBr. The second-order valence-corrected chi connectivity index (χ2v) is 4.32. The van der Waals surface area contributed by atoms with Gasteiger partial charge in [-0.1, -0.05) is 29.3 Å². The van der Waals surface area contributed by atoms with Gasteiger partial charge in [-0.25, -0.2) is 0 Å². The molecule has 0 fully saturated rings. The lowest BCUT2D eigenvalue weighted by Gasteiger charge is -2.12. The topological polar surface area (TPSA) is 0 Å².